The second-order valence-electron chi connectivity index (χ2n) is 5.14. The molecule has 0 saturated carbocycles. The molecular formula is C19H17BrO3S. The van der Waals surface area contributed by atoms with Crippen LogP contribution >= 0.6 is 27.7 Å². The third-order valence-electron chi connectivity index (χ3n) is 3.42. The molecule has 3 nitrogen and oxygen atoms in total. The molecule has 1 N–H and O–H groups in total. The number of ether oxygens (including phenoxy) is 1. The number of aliphatic carboxylic acids is 1. The molecule has 0 bridgehead atoms. The predicted octanol–water partition coefficient (Wildman–Crippen LogP) is 4.94. The first-order valence-electron chi connectivity index (χ1n) is 7.26. The predicted molar refractivity (Wildman–Crippen MR) is 100 cm³/mol. The average Bonchev–Trinajstić information content (AvgIpc) is 2.56. The van der Waals surface area contributed by atoms with E-state index in [-0.39, 0.29) is 0 Å². The third-order valence-corrected chi connectivity index (χ3v) is 5.24. The number of hydrogen-bond donors (Lipinski definition) is 1. The van der Waals surface area contributed by atoms with Crippen molar-refractivity contribution < 1.29 is 14.6 Å². The quantitative estimate of drug-likeness (QED) is 0.546. The van der Waals surface area contributed by atoms with E-state index >= 15 is 0 Å². The van der Waals surface area contributed by atoms with Crippen LogP contribution < -0.4 is 4.74 Å². The molecule has 0 radical (unpaired) electrons. The number of carbonyl (C=O) groups is 1. The van der Waals surface area contributed by atoms with Gasteiger partial charge in [-0.1, -0.05) is 34.0 Å². The van der Waals surface area contributed by atoms with E-state index in [0.29, 0.717) is 12.4 Å². The monoisotopic (exact) mass is 404 g/mol. The molecule has 0 amide bonds. The number of halogens is 1. The van der Waals surface area contributed by atoms with Crippen LogP contribution in [0.25, 0.3) is 0 Å². The van der Waals surface area contributed by atoms with Crippen molar-refractivity contribution >= 4 is 33.7 Å². The summed E-state index contributed by atoms with van der Waals surface area (Å²) in [6.45, 7) is 3.81. The van der Waals surface area contributed by atoms with E-state index in [2.05, 4.69) is 27.8 Å². The first-order valence-corrected chi connectivity index (χ1v) is 8.87. The number of hydrogen-bond acceptors (Lipinski definition) is 3. The maximum absolute atomic E-state index is 11.9. The van der Waals surface area contributed by atoms with Gasteiger partial charge >= 0.3 is 5.97 Å². The first kappa shape index (κ1) is 18.4. The largest absolute Gasteiger partial charge is 0.481 e. The molecule has 0 spiro atoms. The minimum absolute atomic E-state index is 0.341. The second kappa shape index (κ2) is 8.27. The molecule has 0 fully saturated rings. The van der Waals surface area contributed by atoms with Gasteiger partial charge in [0.25, 0.3) is 0 Å². The molecule has 5 heteroatoms. The number of thioether (sulfide) groups is 1. The van der Waals surface area contributed by atoms with Crippen LogP contribution in [-0.2, 0) is 9.54 Å². The fraction of sp³-hybridized carbons (Fsp3) is 0.211. The maximum Gasteiger partial charge on any atom is 0.324 e. The lowest BCUT2D eigenvalue weighted by molar-refractivity contribution is -0.139. The minimum Gasteiger partial charge on any atom is -0.481 e. The Morgan fingerprint density at radius 2 is 2.00 bits per heavy atom. The van der Waals surface area contributed by atoms with Gasteiger partial charge in [0.05, 0.1) is 0 Å². The molecule has 24 heavy (non-hydrogen) atoms. The molecule has 2 aromatic carbocycles. The van der Waals surface area contributed by atoms with Crippen LogP contribution in [0.4, 0.5) is 0 Å². The fourth-order valence-corrected chi connectivity index (χ4v) is 3.52. The van der Waals surface area contributed by atoms with Crippen molar-refractivity contribution in [1.29, 1.82) is 0 Å². The van der Waals surface area contributed by atoms with Crippen LogP contribution in [0.1, 0.15) is 19.4 Å². The molecule has 2 rings (SSSR count). The molecule has 0 aromatic heterocycles. The molecule has 2 aromatic rings. The Morgan fingerprint density at radius 1 is 1.29 bits per heavy atom. The summed E-state index contributed by atoms with van der Waals surface area (Å²) in [7, 11) is 0. The zero-order valence-corrected chi connectivity index (χ0v) is 15.8. The fourth-order valence-electron chi connectivity index (χ4n) is 2.04. The van der Waals surface area contributed by atoms with E-state index < -0.39 is 10.7 Å². The van der Waals surface area contributed by atoms with Gasteiger partial charge in [-0.15, -0.1) is 17.7 Å². The molecule has 0 aliphatic carbocycles. The SMILES string of the molecule is CC#CCOc1ccc(SC(C)(C(=O)O)c2cccc(Br)c2)cc1. The van der Waals surface area contributed by atoms with E-state index in [1.807, 2.05) is 48.5 Å². The highest BCUT2D eigenvalue weighted by Crippen LogP contribution is 2.42. The summed E-state index contributed by atoms with van der Waals surface area (Å²) in [5, 5.41) is 9.76. The van der Waals surface area contributed by atoms with Gasteiger partial charge in [-0.05, 0) is 55.8 Å². The number of benzene rings is 2. The van der Waals surface area contributed by atoms with Gasteiger partial charge < -0.3 is 9.84 Å². The van der Waals surface area contributed by atoms with Gasteiger partial charge in [-0.2, -0.15) is 0 Å². The zero-order chi connectivity index (χ0) is 17.6. The van der Waals surface area contributed by atoms with Gasteiger partial charge in [0.2, 0.25) is 0 Å². The lowest BCUT2D eigenvalue weighted by atomic mass is 10.0. The van der Waals surface area contributed by atoms with Gasteiger partial charge in [-0.3, -0.25) is 4.79 Å². The highest BCUT2D eigenvalue weighted by Gasteiger charge is 2.36. The standard InChI is InChI=1S/C19H17BrO3S/c1-3-4-12-23-16-8-10-17(11-9-16)24-19(2,18(21)22)14-6-5-7-15(20)13-14/h5-11,13H,12H2,1-2H3,(H,21,22). The van der Waals surface area contributed by atoms with Gasteiger partial charge in [-0.25, -0.2) is 0 Å². The van der Waals surface area contributed by atoms with E-state index in [4.69, 9.17) is 4.74 Å². The molecule has 0 aliphatic heterocycles. The molecule has 1 unspecified atom stereocenters. The summed E-state index contributed by atoms with van der Waals surface area (Å²) < 4.78 is 5.25. The lowest BCUT2D eigenvalue weighted by Crippen LogP contribution is -2.28. The van der Waals surface area contributed by atoms with Crippen LogP contribution in [-0.4, -0.2) is 17.7 Å². The summed E-state index contributed by atoms with van der Waals surface area (Å²) in [6, 6.07) is 14.7. The highest BCUT2D eigenvalue weighted by molar-refractivity contribution is 9.10. The van der Waals surface area contributed by atoms with E-state index in [0.717, 1.165) is 14.9 Å². The lowest BCUT2D eigenvalue weighted by Gasteiger charge is -2.25. The van der Waals surface area contributed by atoms with E-state index in [9.17, 15) is 9.90 Å². The molecule has 124 valence electrons. The molecular weight excluding hydrogens is 388 g/mol. The van der Waals surface area contributed by atoms with Crippen LogP contribution in [0.5, 0.6) is 5.75 Å². The van der Waals surface area contributed by atoms with Crippen molar-refractivity contribution in [3.05, 3.63) is 58.6 Å². The summed E-state index contributed by atoms with van der Waals surface area (Å²) in [5.74, 6) is 5.42. The number of rotatable bonds is 6. The van der Waals surface area contributed by atoms with Crippen LogP contribution in [0.2, 0.25) is 0 Å². The summed E-state index contributed by atoms with van der Waals surface area (Å²) in [4.78, 5) is 12.8. The highest BCUT2D eigenvalue weighted by atomic mass is 79.9. The minimum atomic E-state index is -1.08. The smallest absolute Gasteiger partial charge is 0.324 e. The maximum atomic E-state index is 11.9. The molecule has 1 atom stereocenters. The molecule has 0 saturated heterocycles. The normalized spacial score (nSPS) is 12.6. The van der Waals surface area contributed by atoms with Crippen molar-refractivity contribution in [3.63, 3.8) is 0 Å². The van der Waals surface area contributed by atoms with Crippen molar-refractivity contribution in [2.75, 3.05) is 6.61 Å². The Hall–Kier alpha value is -1.90. The summed E-state index contributed by atoms with van der Waals surface area (Å²) >= 11 is 4.69. The zero-order valence-electron chi connectivity index (χ0n) is 13.4. The first-order chi connectivity index (χ1) is 11.5. The Morgan fingerprint density at radius 3 is 2.58 bits per heavy atom. The second-order valence-corrected chi connectivity index (χ2v) is 7.55. The number of carboxylic acids is 1. The van der Waals surface area contributed by atoms with Crippen LogP contribution in [0, 0.1) is 11.8 Å². The topological polar surface area (TPSA) is 46.5 Å². The molecule has 0 aliphatic rings. The molecule has 0 heterocycles. The van der Waals surface area contributed by atoms with Gasteiger partial charge in [0.1, 0.15) is 17.1 Å². The van der Waals surface area contributed by atoms with Gasteiger partial charge in [0, 0.05) is 9.37 Å². The van der Waals surface area contributed by atoms with Crippen molar-refractivity contribution in [2.45, 2.75) is 23.5 Å². The van der Waals surface area contributed by atoms with Crippen LogP contribution in [0.3, 0.4) is 0 Å². The summed E-state index contributed by atoms with van der Waals surface area (Å²) in [6.07, 6.45) is 0. The number of carboxylic acid groups (broad SMARTS) is 1. The van der Waals surface area contributed by atoms with Crippen molar-refractivity contribution in [3.8, 4) is 17.6 Å². The Bertz CT molecular complexity index is 777. The van der Waals surface area contributed by atoms with Gasteiger partial charge in [0.15, 0.2) is 0 Å². The summed E-state index contributed by atoms with van der Waals surface area (Å²) in [5.41, 5.74) is 0.730. The van der Waals surface area contributed by atoms with Crippen LogP contribution in [0.15, 0.2) is 57.9 Å². The van der Waals surface area contributed by atoms with E-state index in [1.54, 1.807) is 13.8 Å². The van der Waals surface area contributed by atoms with E-state index in [1.165, 1.54) is 11.8 Å². The Kier molecular flexibility index (Phi) is 6.36. The van der Waals surface area contributed by atoms with Crippen molar-refractivity contribution in [1.82, 2.24) is 0 Å². The third kappa shape index (κ3) is 4.56. The van der Waals surface area contributed by atoms with Crippen molar-refractivity contribution in [2.24, 2.45) is 0 Å². The Balaban J connectivity index is 2.21. The Labute approximate surface area is 154 Å². The average molecular weight is 405 g/mol.